The average molecular weight is 348 g/mol. The van der Waals surface area contributed by atoms with Gasteiger partial charge in [0.25, 0.3) is 0 Å². The van der Waals surface area contributed by atoms with Gasteiger partial charge in [-0.25, -0.2) is 4.99 Å². The number of hydrogen-bond donors (Lipinski definition) is 3. The summed E-state index contributed by atoms with van der Waals surface area (Å²) in [6.45, 7) is 11.1. The Hall–Kier alpha value is -1.75. The molecule has 140 valence electrons. The van der Waals surface area contributed by atoms with Crippen LogP contribution in [0, 0.1) is 18.3 Å². The molecule has 1 aliphatic rings. The third kappa shape index (κ3) is 6.94. The van der Waals surface area contributed by atoms with E-state index in [1.54, 1.807) is 0 Å². The maximum absolute atomic E-state index is 9.40. The molecule has 0 spiro atoms. The third-order valence-electron chi connectivity index (χ3n) is 4.31. The first-order valence-corrected chi connectivity index (χ1v) is 9.29. The summed E-state index contributed by atoms with van der Waals surface area (Å²) in [4.78, 5) is 4.69. The zero-order valence-electron chi connectivity index (χ0n) is 16.1. The number of hydrogen-bond acceptors (Lipinski definition) is 3. The van der Waals surface area contributed by atoms with E-state index >= 15 is 0 Å². The first kappa shape index (κ1) is 19.6. The van der Waals surface area contributed by atoms with Gasteiger partial charge in [-0.15, -0.1) is 0 Å². The largest absolute Gasteiger partial charge is 0.493 e. The van der Waals surface area contributed by atoms with Crippen LogP contribution in [0.2, 0.25) is 0 Å². The summed E-state index contributed by atoms with van der Waals surface area (Å²) < 4.78 is 6.02. The highest BCUT2D eigenvalue weighted by Gasteiger charge is 2.22. The summed E-state index contributed by atoms with van der Waals surface area (Å²) in [5, 5.41) is 16.0. The summed E-state index contributed by atoms with van der Waals surface area (Å²) in [6, 6.07) is 6.30. The maximum atomic E-state index is 9.40. The molecule has 25 heavy (non-hydrogen) atoms. The van der Waals surface area contributed by atoms with Crippen LogP contribution in [-0.4, -0.2) is 37.4 Å². The van der Waals surface area contributed by atoms with Crippen molar-refractivity contribution in [1.29, 1.82) is 0 Å². The van der Waals surface area contributed by atoms with Crippen LogP contribution in [0.25, 0.3) is 0 Å². The van der Waals surface area contributed by atoms with Crippen molar-refractivity contribution >= 4 is 5.96 Å². The number of guanidine groups is 1. The highest BCUT2D eigenvalue weighted by molar-refractivity contribution is 5.79. The SMILES string of the molecule is CCNC(=NCc1ccc(C)cc1OCC1CC1)NCC(C)(C)CO. The van der Waals surface area contributed by atoms with Crippen LogP contribution in [0.3, 0.4) is 0 Å². The molecule has 2 rings (SSSR count). The van der Waals surface area contributed by atoms with Gasteiger partial charge in [0, 0.05) is 30.7 Å². The van der Waals surface area contributed by atoms with E-state index in [2.05, 4.69) is 40.7 Å². The molecule has 1 aliphatic carbocycles. The van der Waals surface area contributed by atoms with Crippen molar-refractivity contribution in [3.05, 3.63) is 29.3 Å². The predicted octanol–water partition coefficient (Wildman–Crippen LogP) is 2.86. The Balaban J connectivity index is 2.02. The van der Waals surface area contributed by atoms with Crippen molar-refractivity contribution < 1.29 is 9.84 Å². The third-order valence-corrected chi connectivity index (χ3v) is 4.31. The van der Waals surface area contributed by atoms with E-state index in [0.29, 0.717) is 13.1 Å². The van der Waals surface area contributed by atoms with Gasteiger partial charge in [0.1, 0.15) is 5.75 Å². The van der Waals surface area contributed by atoms with Crippen LogP contribution in [-0.2, 0) is 6.54 Å². The predicted molar refractivity (Wildman–Crippen MR) is 103 cm³/mol. The molecule has 5 heteroatoms. The zero-order valence-corrected chi connectivity index (χ0v) is 16.1. The molecule has 0 aromatic heterocycles. The molecule has 0 radical (unpaired) electrons. The number of nitrogens with zero attached hydrogens (tertiary/aromatic N) is 1. The van der Waals surface area contributed by atoms with Gasteiger partial charge in [0.15, 0.2) is 5.96 Å². The van der Waals surface area contributed by atoms with E-state index in [-0.39, 0.29) is 12.0 Å². The number of rotatable bonds is 9. The van der Waals surface area contributed by atoms with Gasteiger partial charge in [0.2, 0.25) is 0 Å². The molecule has 1 aromatic carbocycles. The highest BCUT2D eigenvalue weighted by atomic mass is 16.5. The number of aryl methyl sites for hydroxylation is 1. The summed E-state index contributed by atoms with van der Waals surface area (Å²) in [7, 11) is 0. The van der Waals surface area contributed by atoms with Crippen molar-refractivity contribution in [3.8, 4) is 5.75 Å². The maximum Gasteiger partial charge on any atom is 0.191 e. The minimum Gasteiger partial charge on any atom is -0.493 e. The summed E-state index contributed by atoms with van der Waals surface area (Å²) in [5.41, 5.74) is 2.12. The van der Waals surface area contributed by atoms with Gasteiger partial charge in [-0.05, 0) is 44.2 Å². The van der Waals surface area contributed by atoms with Gasteiger partial charge >= 0.3 is 0 Å². The lowest BCUT2D eigenvalue weighted by Crippen LogP contribution is -2.43. The van der Waals surface area contributed by atoms with Crippen LogP contribution in [0.1, 0.15) is 44.7 Å². The molecule has 3 N–H and O–H groups in total. The van der Waals surface area contributed by atoms with E-state index < -0.39 is 0 Å². The summed E-state index contributed by atoms with van der Waals surface area (Å²) in [6.07, 6.45) is 2.57. The smallest absolute Gasteiger partial charge is 0.191 e. The second-order valence-corrected chi connectivity index (χ2v) is 7.74. The Bertz CT molecular complexity index is 580. The number of aliphatic hydroxyl groups is 1. The first-order chi connectivity index (χ1) is 11.9. The fourth-order valence-corrected chi connectivity index (χ4v) is 2.30. The van der Waals surface area contributed by atoms with Crippen LogP contribution in [0.4, 0.5) is 0 Å². The summed E-state index contributed by atoms with van der Waals surface area (Å²) >= 11 is 0. The van der Waals surface area contributed by atoms with Crippen LogP contribution >= 0.6 is 0 Å². The fourth-order valence-electron chi connectivity index (χ4n) is 2.30. The van der Waals surface area contributed by atoms with Crippen LogP contribution in [0.5, 0.6) is 5.75 Å². The van der Waals surface area contributed by atoms with Gasteiger partial charge in [-0.3, -0.25) is 0 Å². The molecule has 0 heterocycles. The molecule has 0 unspecified atom stereocenters. The molecular formula is C20H33N3O2. The minimum absolute atomic E-state index is 0.135. The van der Waals surface area contributed by atoms with E-state index in [1.165, 1.54) is 18.4 Å². The van der Waals surface area contributed by atoms with Crippen molar-refractivity contribution in [2.75, 3.05) is 26.3 Å². The topological polar surface area (TPSA) is 65.9 Å². The molecule has 1 fully saturated rings. The van der Waals surface area contributed by atoms with Crippen molar-refractivity contribution in [1.82, 2.24) is 10.6 Å². The molecule has 0 aliphatic heterocycles. The number of aliphatic imine (C=N–C) groups is 1. The number of nitrogens with one attached hydrogen (secondary N) is 2. The lowest BCUT2D eigenvalue weighted by molar-refractivity contribution is 0.162. The molecule has 0 amide bonds. The van der Waals surface area contributed by atoms with Crippen molar-refractivity contribution in [3.63, 3.8) is 0 Å². The number of ether oxygens (including phenoxy) is 1. The van der Waals surface area contributed by atoms with Gasteiger partial charge < -0.3 is 20.5 Å². The quantitative estimate of drug-likeness (QED) is 0.475. The normalized spacial score (nSPS) is 15.2. The molecule has 0 atom stereocenters. The fraction of sp³-hybridized carbons (Fsp3) is 0.650. The Labute approximate surface area is 151 Å². The second-order valence-electron chi connectivity index (χ2n) is 7.74. The first-order valence-electron chi connectivity index (χ1n) is 9.29. The molecule has 0 bridgehead atoms. The van der Waals surface area contributed by atoms with Crippen LogP contribution < -0.4 is 15.4 Å². The zero-order chi connectivity index (χ0) is 18.3. The lowest BCUT2D eigenvalue weighted by Gasteiger charge is -2.23. The second kappa shape index (κ2) is 9.09. The standard InChI is InChI=1S/C20H33N3O2/c1-5-21-19(23-13-20(3,4)14-24)22-11-17-9-6-15(2)10-18(17)25-12-16-7-8-16/h6,9-10,16,24H,5,7-8,11-14H2,1-4H3,(H2,21,22,23). The monoisotopic (exact) mass is 347 g/mol. The van der Waals surface area contributed by atoms with Gasteiger partial charge in [-0.2, -0.15) is 0 Å². The van der Waals surface area contributed by atoms with E-state index in [4.69, 9.17) is 4.74 Å². The summed E-state index contributed by atoms with van der Waals surface area (Å²) in [5.74, 6) is 2.44. The van der Waals surface area contributed by atoms with Crippen molar-refractivity contribution in [2.45, 2.75) is 47.1 Å². The number of aliphatic hydroxyl groups excluding tert-OH is 1. The molecular weight excluding hydrogens is 314 g/mol. The Morgan fingerprint density at radius 1 is 1.32 bits per heavy atom. The molecule has 1 aromatic rings. The Kier molecular flexibility index (Phi) is 7.12. The minimum atomic E-state index is -0.182. The Morgan fingerprint density at radius 3 is 2.72 bits per heavy atom. The van der Waals surface area contributed by atoms with E-state index in [0.717, 1.165) is 36.3 Å². The highest BCUT2D eigenvalue weighted by Crippen LogP contribution is 2.30. The molecule has 5 nitrogen and oxygen atoms in total. The van der Waals surface area contributed by atoms with Gasteiger partial charge in [0.05, 0.1) is 13.2 Å². The average Bonchev–Trinajstić information content (AvgIpc) is 3.41. The van der Waals surface area contributed by atoms with Crippen LogP contribution in [0.15, 0.2) is 23.2 Å². The molecule has 0 saturated heterocycles. The lowest BCUT2D eigenvalue weighted by atomic mass is 9.95. The van der Waals surface area contributed by atoms with Gasteiger partial charge in [-0.1, -0.05) is 26.0 Å². The molecule has 1 saturated carbocycles. The van der Waals surface area contributed by atoms with Crippen molar-refractivity contribution in [2.24, 2.45) is 16.3 Å². The van der Waals surface area contributed by atoms with E-state index in [1.807, 2.05) is 20.8 Å². The Morgan fingerprint density at radius 2 is 2.08 bits per heavy atom. The number of benzene rings is 1. The van der Waals surface area contributed by atoms with E-state index in [9.17, 15) is 5.11 Å².